The van der Waals surface area contributed by atoms with Crippen LogP contribution >= 0.6 is 0 Å². The van der Waals surface area contributed by atoms with Gasteiger partial charge in [0.05, 0.1) is 23.8 Å². The van der Waals surface area contributed by atoms with Crippen LogP contribution in [-0.2, 0) is 0 Å². The zero-order valence-electron chi connectivity index (χ0n) is 10.9. The highest BCUT2D eigenvalue weighted by Crippen LogP contribution is 2.27. The second-order valence-corrected chi connectivity index (χ2v) is 4.45. The summed E-state index contributed by atoms with van der Waals surface area (Å²) in [7, 11) is 1.64. The molecule has 19 heavy (non-hydrogen) atoms. The summed E-state index contributed by atoms with van der Waals surface area (Å²) in [6.45, 7) is 2.06. The predicted molar refractivity (Wildman–Crippen MR) is 76.8 cm³/mol. The molecule has 0 saturated carbocycles. The molecule has 0 fully saturated rings. The van der Waals surface area contributed by atoms with Crippen LogP contribution in [0.25, 0.3) is 16.7 Å². The van der Waals surface area contributed by atoms with Crippen LogP contribution < -0.4 is 10.5 Å². The molecule has 0 atom stereocenters. The lowest BCUT2D eigenvalue weighted by atomic mass is 10.2. The van der Waals surface area contributed by atoms with Gasteiger partial charge < -0.3 is 10.5 Å². The van der Waals surface area contributed by atoms with E-state index >= 15 is 0 Å². The summed E-state index contributed by atoms with van der Waals surface area (Å²) in [6.07, 6.45) is 0. The molecule has 0 aliphatic carbocycles. The van der Waals surface area contributed by atoms with Gasteiger partial charge in [0.25, 0.3) is 0 Å². The van der Waals surface area contributed by atoms with Crippen LogP contribution in [0, 0.1) is 6.92 Å². The quantitative estimate of drug-likeness (QED) is 0.764. The van der Waals surface area contributed by atoms with Crippen LogP contribution in [0.15, 0.2) is 42.5 Å². The molecule has 0 spiro atoms. The van der Waals surface area contributed by atoms with Gasteiger partial charge in [-0.05, 0) is 30.7 Å². The van der Waals surface area contributed by atoms with Gasteiger partial charge in [-0.3, -0.25) is 4.57 Å². The number of methoxy groups -OCH3 is 1. The van der Waals surface area contributed by atoms with Gasteiger partial charge in [-0.25, -0.2) is 4.98 Å². The van der Waals surface area contributed by atoms with Crippen molar-refractivity contribution in [2.45, 2.75) is 6.92 Å². The minimum absolute atomic E-state index is 0.484. The maximum absolute atomic E-state index is 6.06. The Labute approximate surface area is 111 Å². The zero-order chi connectivity index (χ0) is 13.4. The molecule has 2 N–H and O–H groups in total. The third-order valence-corrected chi connectivity index (χ3v) is 3.24. The van der Waals surface area contributed by atoms with E-state index in [1.807, 2.05) is 41.0 Å². The minimum Gasteiger partial charge on any atom is -0.497 e. The van der Waals surface area contributed by atoms with Crippen LogP contribution in [0.3, 0.4) is 0 Å². The highest BCUT2D eigenvalue weighted by Gasteiger charge is 2.11. The molecule has 3 aromatic rings. The monoisotopic (exact) mass is 253 g/mol. The molecular weight excluding hydrogens is 238 g/mol. The summed E-state index contributed by atoms with van der Waals surface area (Å²) in [5, 5.41) is 0. The standard InChI is InChI=1S/C15H15N3O/c1-10-5-3-4-6-13(10)18-14-8-7-11(19-2)9-12(14)17-15(18)16/h3-9H,1-2H3,(H2,16,17). The van der Waals surface area contributed by atoms with E-state index in [4.69, 9.17) is 10.5 Å². The van der Waals surface area contributed by atoms with Crippen LogP contribution in [0.5, 0.6) is 5.75 Å². The van der Waals surface area contributed by atoms with Crippen molar-refractivity contribution in [3.8, 4) is 11.4 Å². The summed E-state index contributed by atoms with van der Waals surface area (Å²) in [5.74, 6) is 1.26. The van der Waals surface area contributed by atoms with Gasteiger partial charge in [0, 0.05) is 6.07 Å². The molecule has 0 radical (unpaired) electrons. The fourth-order valence-electron chi connectivity index (χ4n) is 2.27. The number of para-hydroxylation sites is 1. The van der Waals surface area contributed by atoms with E-state index in [2.05, 4.69) is 18.0 Å². The Kier molecular flexibility index (Phi) is 2.63. The Bertz CT molecular complexity index is 746. The maximum atomic E-state index is 6.06. The number of nitrogens with zero attached hydrogens (tertiary/aromatic N) is 2. The molecule has 96 valence electrons. The number of imidazole rings is 1. The molecule has 1 heterocycles. The van der Waals surface area contributed by atoms with Gasteiger partial charge >= 0.3 is 0 Å². The van der Waals surface area contributed by atoms with Gasteiger partial charge in [-0.1, -0.05) is 18.2 Å². The molecule has 3 rings (SSSR count). The smallest absolute Gasteiger partial charge is 0.205 e. The Morgan fingerprint density at radius 2 is 1.95 bits per heavy atom. The largest absolute Gasteiger partial charge is 0.497 e. The molecular formula is C15H15N3O. The van der Waals surface area contributed by atoms with Crippen LogP contribution in [0.1, 0.15) is 5.56 Å². The number of rotatable bonds is 2. The van der Waals surface area contributed by atoms with Crippen molar-refractivity contribution >= 4 is 17.0 Å². The zero-order valence-corrected chi connectivity index (χ0v) is 10.9. The van der Waals surface area contributed by atoms with E-state index in [-0.39, 0.29) is 0 Å². The van der Waals surface area contributed by atoms with Crippen LogP contribution in [-0.4, -0.2) is 16.7 Å². The molecule has 0 amide bonds. The van der Waals surface area contributed by atoms with Crippen LogP contribution in [0.4, 0.5) is 5.95 Å². The second-order valence-electron chi connectivity index (χ2n) is 4.45. The van der Waals surface area contributed by atoms with Crippen molar-refractivity contribution in [3.05, 3.63) is 48.0 Å². The van der Waals surface area contributed by atoms with Gasteiger partial charge in [0.2, 0.25) is 5.95 Å². The lowest BCUT2D eigenvalue weighted by Crippen LogP contribution is -2.02. The SMILES string of the molecule is COc1ccc2c(c1)nc(N)n2-c1ccccc1C. The van der Waals surface area contributed by atoms with E-state index < -0.39 is 0 Å². The van der Waals surface area contributed by atoms with Gasteiger partial charge in [-0.15, -0.1) is 0 Å². The lowest BCUT2D eigenvalue weighted by molar-refractivity contribution is 0.415. The third-order valence-electron chi connectivity index (χ3n) is 3.24. The maximum Gasteiger partial charge on any atom is 0.205 e. The van der Waals surface area contributed by atoms with Gasteiger partial charge in [-0.2, -0.15) is 0 Å². The molecule has 1 aromatic heterocycles. The Hall–Kier alpha value is -2.49. The first-order valence-corrected chi connectivity index (χ1v) is 6.08. The number of hydrogen-bond donors (Lipinski definition) is 1. The summed E-state index contributed by atoms with van der Waals surface area (Å²) >= 11 is 0. The number of aryl methyl sites for hydroxylation is 1. The number of nitrogen functional groups attached to an aromatic ring is 1. The number of hydrogen-bond acceptors (Lipinski definition) is 3. The molecule has 0 bridgehead atoms. The van der Waals surface area contributed by atoms with E-state index in [1.54, 1.807) is 7.11 Å². The average Bonchev–Trinajstić information content (AvgIpc) is 2.74. The Morgan fingerprint density at radius 3 is 2.68 bits per heavy atom. The summed E-state index contributed by atoms with van der Waals surface area (Å²) in [4.78, 5) is 4.40. The number of anilines is 1. The average molecular weight is 253 g/mol. The minimum atomic E-state index is 0.484. The van der Waals surface area contributed by atoms with Gasteiger partial charge in [0.15, 0.2) is 0 Å². The number of ether oxygens (including phenoxy) is 1. The predicted octanol–water partition coefficient (Wildman–Crippen LogP) is 2.92. The fraction of sp³-hybridized carbons (Fsp3) is 0.133. The van der Waals surface area contributed by atoms with E-state index in [1.165, 1.54) is 0 Å². The first kappa shape index (κ1) is 11.6. The van der Waals surface area contributed by atoms with Gasteiger partial charge in [0.1, 0.15) is 5.75 Å². The summed E-state index contributed by atoms with van der Waals surface area (Å²) in [6, 6.07) is 13.9. The Balaban J connectivity index is 2.30. The summed E-state index contributed by atoms with van der Waals surface area (Å²) < 4.78 is 7.17. The summed E-state index contributed by atoms with van der Waals surface area (Å²) in [5.41, 5.74) is 10.1. The second kappa shape index (κ2) is 4.31. The van der Waals surface area contributed by atoms with E-state index in [0.717, 1.165) is 28.0 Å². The van der Waals surface area contributed by atoms with Crippen molar-refractivity contribution in [2.75, 3.05) is 12.8 Å². The molecule has 4 nitrogen and oxygen atoms in total. The Morgan fingerprint density at radius 1 is 1.16 bits per heavy atom. The van der Waals surface area contributed by atoms with E-state index in [9.17, 15) is 0 Å². The highest BCUT2D eigenvalue weighted by atomic mass is 16.5. The fourth-order valence-corrected chi connectivity index (χ4v) is 2.27. The molecule has 4 heteroatoms. The number of aromatic nitrogens is 2. The van der Waals surface area contributed by atoms with Crippen molar-refractivity contribution in [1.29, 1.82) is 0 Å². The molecule has 0 aliphatic rings. The molecule has 0 saturated heterocycles. The van der Waals surface area contributed by atoms with Crippen molar-refractivity contribution in [2.24, 2.45) is 0 Å². The van der Waals surface area contributed by atoms with Crippen LogP contribution in [0.2, 0.25) is 0 Å². The number of fused-ring (bicyclic) bond motifs is 1. The first-order valence-electron chi connectivity index (χ1n) is 6.08. The van der Waals surface area contributed by atoms with Crippen molar-refractivity contribution in [1.82, 2.24) is 9.55 Å². The first-order chi connectivity index (χ1) is 9.20. The normalized spacial score (nSPS) is 10.8. The molecule has 0 unspecified atom stereocenters. The van der Waals surface area contributed by atoms with Crippen molar-refractivity contribution in [3.63, 3.8) is 0 Å². The molecule has 0 aliphatic heterocycles. The van der Waals surface area contributed by atoms with E-state index in [0.29, 0.717) is 5.95 Å². The molecule has 2 aromatic carbocycles. The third kappa shape index (κ3) is 1.81. The topological polar surface area (TPSA) is 53.1 Å². The number of benzene rings is 2. The highest BCUT2D eigenvalue weighted by molar-refractivity contribution is 5.82. The lowest BCUT2D eigenvalue weighted by Gasteiger charge is -2.09. The van der Waals surface area contributed by atoms with Crippen molar-refractivity contribution < 1.29 is 4.74 Å². The number of nitrogens with two attached hydrogens (primary N) is 1.